The summed E-state index contributed by atoms with van der Waals surface area (Å²) in [5.41, 5.74) is 1.95. The first kappa shape index (κ1) is 21.1. The Labute approximate surface area is 167 Å². The van der Waals surface area contributed by atoms with Gasteiger partial charge in [-0.05, 0) is 17.7 Å². The number of hydrogen-bond donors (Lipinski definition) is 0. The molecule has 1 saturated heterocycles. The van der Waals surface area contributed by atoms with Crippen LogP contribution in [-0.4, -0.2) is 33.8 Å². The normalized spacial score (nSPS) is 20.0. The minimum Gasteiger partial charge on any atom is -0.382 e. The fourth-order valence-corrected chi connectivity index (χ4v) is 3.91. The minimum absolute atomic E-state index is 0.176. The maximum atomic E-state index is 11.9. The zero-order chi connectivity index (χ0) is 19.8. The van der Waals surface area contributed by atoms with Crippen molar-refractivity contribution in [3.63, 3.8) is 0 Å². The van der Waals surface area contributed by atoms with Crippen molar-refractivity contribution in [3.8, 4) is 5.75 Å². The molecule has 10 heteroatoms. The van der Waals surface area contributed by atoms with Gasteiger partial charge in [-0.2, -0.15) is 8.42 Å². The van der Waals surface area contributed by atoms with Gasteiger partial charge in [-0.1, -0.05) is 47.5 Å². The van der Waals surface area contributed by atoms with Crippen LogP contribution >= 0.6 is 12.0 Å². The predicted molar refractivity (Wildman–Crippen MR) is 101 cm³/mol. The average Bonchev–Trinajstić information content (AvgIpc) is 2.72. The maximum Gasteiger partial charge on any atom is 0.321 e. The van der Waals surface area contributed by atoms with Gasteiger partial charge in [-0.25, -0.2) is 4.89 Å². The van der Waals surface area contributed by atoms with Gasteiger partial charge in [-0.3, -0.25) is 0 Å². The molecular weight excluding hydrogens is 408 g/mol. The van der Waals surface area contributed by atoms with Crippen molar-refractivity contribution < 1.29 is 36.3 Å². The smallest absolute Gasteiger partial charge is 0.321 e. The molecule has 3 rings (SSSR count). The van der Waals surface area contributed by atoms with Crippen molar-refractivity contribution >= 4 is 22.2 Å². The number of benzene rings is 2. The Balaban J connectivity index is 1.51. The fourth-order valence-electron chi connectivity index (χ4n) is 2.59. The standard InChI is InChI=1S/C18H20O8S2/c1-21-25-26-27-13-28(19,20)24-17-9-7-15(8-10-17)18-22-11-16(12-23-18)14-5-3-2-4-6-14/h2-10,16,18H,11-13H2,1H3. The zero-order valence-electron chi connectivity index (χ0n) is 15.1. The molecule has 0 amide bonds. The van der Waals surface area contributed by atoms with E-state index in [-0.39, 0.29) is 11.7 Å². The highest BCUT2D eigenvalue weighted by Gasteiger charge is 2.25. The summed E-state index contributed by atoms with van der Waals surface area (Å²) >= 11 is 0.528. The van der Waals surface area contributed by atoms with E-state index < -0.39 is 21.5 Å². The molecule has 0 atom stereocenters. The summed E-state index contributed by atoms with van der Waals surface area (Å²) < 4.78 is 44.7. The topological polar surface area (TPSA) is 89.5 Å². The van der Waals surface area contributed by atoms with E-state index in [1.165, 1.54) is 12.7 Å². The van der Waals surface area contributed by atoms with Gasteiger partial charge in [0.2, 0.25) is 0 Å². The molecule has 1 aliphatic rings. The lowest BCUT2D eigenvalue weighted by atomic mass is 10.0. The summed E-state index contributed by atoms with van der Waals surface area (Å²) in [6.45, 7) is 1.09. The van der Waals surface area contributed by atoms with Crippen LogP contribution in [0.3, 0.4) is 0 Å². The maximum absolute atomic E-state index is 11.9. The van der Waals surface area contributed by atoms with Gasteiger partial charge in [0.05, 0.1) is 32.4 Å². The molecule has 1 fully saturated rings. The van der Waals surface area contributed by atoms with Gasteiger partial charge in [0, 0.05) is 11.5 Å². The Hall–Kier alpha value is -1.66. The van der Waals surface area contributed by atoms with Crippen molar-refractivity contribution in [1.29, 1.82) is 0 Å². The summed E-state index contributed by atoms with van der Waals surface area (Å²) in [4.78, 5) is 4.17. The SMILES string of the molecule is COOOSCS(=O)(=O)Oc1ccc(C2OCC(c3ccccc3)CO2)cc1. The minimum atomic E-state index is -3.85. The number of ether oxygens (including phenoxy) is 2. The Morgan fingerprint density at radius 3 is 2.32 bits per heavy atom. The van der Waals surface area contributed by atoms with Crippen LogP contribution < -0.4 is 4.18 Å². The van der Waals surface area contributed by atoms with E-state index in [1.54, 1.807) is 24.3 Å². The Bertz CT molecular complexity index is 818. The van der Waals surface area contributed by atoms with E-state index >= 15 is 0 Å². The zero-order valence-corrected chi connectivity index (χ0v) is 16.7. The van der Waals surface area contributed by atoms with Crippen LogP contribution in [0.1, 0.15) is 23.3 Å². The van der Waals surface area contributed by atoms with Crippen LogP contribution in [-0.2, 0) is 33.9 Å². The fraction of sp³-hybridized carbons (Fsp3) is 0.333. The lowest BCUT2D eigenvalue weighted by molar-refractivity contribution is -0.447. The first-order chi connectivity index (χ1) is 13.6. The Kier molecular flexibility index (Phi) is 7.68. The highest BCUT2D eigenvalue weighted by Crippen LogP contribution is 2.30. The van der Waals surface area contributed by atoms with Crippen LogP contribution in [0.5, 0.6) is 5.75 Å². The third-order valence-corrected chi connectivity index (χ3v) is 6.02. The summed E-state index contributed by atoms with van der Waals surface area (Å²) in [6.07, 6.45) is -0.499. The summed E-state index contributed by atoms with van der Waals surface area (Å²) in [7, 11) is -2.62. The molecule has 0 radical (unpaired) electrons. The van der Waals surface area contributed by atoms with Crippen LogP contribution in [0.4, 0.5) is 0 Å². The van der Waals surface area contributed by atoms with E-state index in [1.807, 2.05) is 18.2 Å². The highest BCUT2D eigenvalue weighted by molar-refractivity contribution is 8.08. The highest BCUT2D eigenvalue weighted by atomic mass is 32.3. The molecule has 0 aliphatic carbocycles. The molecule has 0 aromatic heterocycles. The molecule has 2 aromatic rings. The van der Waals surface area contributed by atoms with Crippen LogP contribution in [0, 0.1) is 0 Å². The van der Waals surface area contributed by atoms with E-state index in [0.29, 0.717) is 25.3 Å². The molecule has 0 N–H and O–H groups in total. The molecule has 0 saturated carbocycles. The second kappa shape index (κ2) is 10.2. The molecule has 152 valence electrons. The van der Waals surface area contributed by atoms with Gasteiger partial charge in [0.15, 0.2) is 11.4 Å². The predicted octanol–water partition coefficient (Wildman–Crippen LogP) is 3.34. The third kappa shape index (κ3) is 6.17. The van der Waals surface area contributed by atoms with Crippen LogP contribution in [0.2, 0.25) is 0 Å². The lowest BCUT2D eigenvalue weighted by Crippen LogP contribution is -2.25. The van der Waals surface area contributed by atoms with E-state index in [0.717, 1.165) is 5.56 Å². The summed E-state index contributed by atoms with van der Waals surface area (Å²) in [6, 6.07) is 16.5. The van der Waals surface area contributed by atoms with Crippen molar-refractivity contribution in [2.24, 2.45) is 0 Å². The number of hydrogen-bond acceptors (Lipinski definition) is 9. The van der Waals surface area contributed by atoms with E-state index in [9.17, 15) is 8.42 Å². The first-order valence-electron chi connectivity index (χ1n) is 8.36. The molecule has 1 heterocycles. The Morgan fingerprint density at radius 1 is 1.00 bits per heavy atom. The molecule has 0 unspecified atom stereocenters. The molecule has 28 heavy (non-hydrogen) atoms. The third-order valence-electron chi connectivity index (χ3n) is 3.88. The lowest BCUT2D eigenvalue weighted by Gasteiger charge is -2.30. The molecule has 2 aromatic carbocycles. The molecule has 8 nitrogen and oxygen atoms in total. The van der Waals surface area contributed by atoms with Crippen LogP contribution in [0.25, 0.3) is 0 Å². The van der Waals surface area contributed by atoms with Crippen LogP contribution in [0.15, 0.2) is 54.6 Å². The first-order valence-corrected chi connectivity index (χ1v) is 10.9. The Morgan fingerprint density at radius 2 is 1.68 bits per heavy atom. The van der Waals surface area contributed by atoms with Gasteiger partial charge >= 0.3 is 10.1 Å². The van der Waals surface area contributed by atoms with E-state index in [2.05, 4.69) is 26.4 Å². The molecule has 0 bridgehead atoms. The monoisotopic (exact) mass is 428 g/mol. The molecular formula is C18H20O8S2. The van der Waals surface area contributed by atoms with E-state index in [4.69, 9.17) is 13.7 Å². The van der Waals surface area contributed by atoms with Crippen molar-refractivity contribution in [1.82, 2.24) is 0 Å². The largest absolute Gasteiger partial charge is 0.382 e. The molecule has 1 aliphatic heterocycles. The quantitative estimate of drug-likeness (QED) is 0.196. The van der Waals surface area contributed by atoms with Crippen molar-refractivity contribution in [3.05, 3.63) is 65.7 Å². The number of rotatable bonds is 9. The van der Waals surface area contributed by atoms with Gasteiger partial charge in [0.1, 0.15) is 5.75 Å². The second-order valence-electron chi connectivity index (χ2n) is 5.85. The van der Waals surface area contributed by atoms with Gasteiger partial charge < -0.3 is 13.7 Å². The summed E-state index contributed by atoms with van der Waals surface area (Å²) in [5, 5.41) is 3.65. The van der Waals surface area contributed by atoms with Gasteiger partial charge in [-0.15, -0.1) is 4.33 Å². The van der Waals surface area contributed by atoms with Gasteiger partial charge in [0.25, 0.3) is 0 Å². The molecule has 0 spiro atoms. The van der Waals surface area contributed by atoms with Crippen molar-refractivity contribution in [2.75, 3.05) is 25.4 Å². The average molecular weight is 428 g/mol. The van der Waals surface area contributed by atoms with Crippen molar-refractivity contribution in [2.45, 2.75) is 12.2 Å². The second-order valence-corrected chi connectivity index (χ2v) is 8.45. The summed E-state index contributed by atoms with van der Waals surface area (Å²) in [5.74, 6) is 0.363.